The molecule has 0 saturated carbocycles. The lowest BCUT2D eigenvalue weighted by atomic mass is 10.1. The van der Waals surface area contributed by atoms with Crippen LogP contribution in [0.5, 0.6) is 0 Å². The predicted octanol–water partition coefficient (Wildman–Crippen LogP) is 1.94. The van der Waals surface area contributed by atoms with E-state index in [-0.39, 0.29) is 11.5 Å². The van der Waals surface area contributed by atoms with E-state index in [4.69, 9.17) is 5.26 Å². The van der Waals surface area contributed by atoms with Crippen molar-refractivity contribution in [3.8, 4) is 6.07 Å². The topological polar surface area (TPSA) is 77.8 Å². The number of benzene rings is 1. The lowest BCUT2D eigenvalue weighted by Gasteiger charge is -2.05. The van der Waals surface area contributed by atoms with Crippen molar-refractivity contribution in [2.45, 2.75) is 13.0 Å². The number of carbonyl (C=O) groups is 1. The van der Waals surface area contributed by atoms with Crippen molar-refractivity contribution in [1.82, 2.24) is 15.6 Å². The first kappa shape index (κ1) is 16.2. The van der Waals surface area contributed by atoms with E-state index in [0.717, 1.165) is 17.5 Å². The number of hydrogen-bond acceptors (Lipinski definition) is 4. The van der Waals surface area contributed by atoms with Gasteiger partial charge in [-0.1, -0.05) is 36.4 Å². The highest BCUT2D eigenvalue weighted by Gasteiger charge is 2.07. The molecule has 1 heterocycles. The van der Waals surface area contributed by atoms with Gasteiger partial charge in [-0.2, -0.15) is 5.26 Å². The number of nitriles is 1. The minimum Gasteiger partial charge on any atom is -0.386 e. The zero-order valence-corrected chi connectivity index (χ0v) is 12.7. The fourth-order valence-corrected chi connectivity index (χ4v) is 1.98. The van der Waals surface area contributed by atoms with Crippen LogP contribution in [0.1, 0.15) is 11.1 Å². The summed E-state index contributed by atoms with van der Waals surface area (Å²) in [6.07, 6.45) is 5.59. The predicted molar refractivity (Wildman–Crippen MR) is 87.9 cm³/mol. The maximum atomic E-state index is 12.0. The normalized spacial score (nSPS) is 10.7. The zero-order valence-electron chi connectivity index (χ0n) is 12.7. The highest BCUT2D eigenvalue weighted by Crippen LogP contribution is 1.99. The van der Waals surface area contributed by atoms with Gasteiger partial charge in [0, 0.05) is 31.7 Å². The van der Waals surface area contributed by atoms with Crippen LogP contribution in [0.25, 0.3) is 0 Å². The Hall–Kier alpha value is -3.13. The number of aromatic nitrogens is 1. The highest BCUT2D eigenvalue weighted by molar-refractivity contribution is 5.97. The highest BCUT2D eigenvalue weighted by atomic mass is 16.1. The molecule has 0 aliphatic rings. The number of rotatable bonds is 7. The first-order chi connectivity index (χ1) is 11.3. The molecular formula is C18H18N4O. The largest absolute Gasteiger partial charge is 0.386 e. The lowest BCUT2D eigenvalue weighted by Crippen LogP contribution is -2.27. The van der Waals surface area contributed by atoms with Crippen LogP contribution in [0.2, 0.25) is 0 Å². The van der Waals surface area contributed by atoms with Crippen molar-refractivity contribution in [1.29, 1.82) is 5.26 Å². The second kappa shape index (κ2) is 9.00. The summed E-state index contributed by atoms with van der Waals surface area (Å²) in [5, 5.41) is 14.8. The standard InChI is InChI=1S/C18H18N4O/c19-11-17(14-21-13-16-7-4-9-20-12-16)18(23)22-10-8-15-5-2-1-3-6-15/h1-7,9,12,14,21H,8,10,13H2,(H,22,23)/b17-14-. The van der Waals surface area contributed by atoms with Crippen LogP contribution < -0.4 is 10.6 Å². The van der Waals surface area contributed by atoms with Gasteiger partial charge in [0.05, 0.1) is 0 Å². The van der Waals surface area contributed by atoms with Crippen LogP contribution in [0.15, 0.2) is 66.6 Å². The first-order valence-electron chi connectivity index (χ1n) is 7.34. The summed E-state index contributed by atoms with van der Waals surface area (Å²) in [6, 6.07) is 15.5. The van der Waals surface area contributed by atoms with Gasteiger partial charge in [0.25, 0.3) is 5.91 Å². The van der Waals surface area contributed by atoms with Crippen LogP contribution in [0, 0.1) is 11.3 Å². The monoisotopic (exact) mass is 306 g/mol. The molecule has 116 valence electrons. The van der Waals surface area contributed by atoms with Crippen LogP contribution in [-0.2, 0) is 17.8 Å². The molecule has 1 aromatic carbocycles. The molecule has 23 heavy (non-hydrogen) atoms. The average Bonchev–Trinajstić information content (AvgIpc) is 2.60. The maximum absolute atomic E-state index is 12.0. The summed E-state index contributed by atoms with van der Waals surface area (Å²) in [7, 11) is 0. The molecule has 0 saturated heterocycles. The van der Waals surface area contributed by atoms with Crippen LogP contribution in [0.4, 0.5) is 0 Å². The molecule has 0 bridgehead atoms. The Kier molecular flexibility index (Phi) is 6.36. The molecule has 0 radical (unpaired) electrons. The molecule has 1 aromatic heterocycles. The Labute approximate surface area is 135 Å². The smallest absolute Gasteiger partial charge is 0.263 e. The number of nitrogens with zero attached hydrogens (tertiary/aromatic N) is 2. The molecule has 0 unspecified atom stereocenters. The molecular weight excluding hydrogens is 288 g/mol. The van der Waals surface area contributed by atoms with E-state index < -0.39 is 0 Å². The Morgan fingerprint density at radius 3 is 2.65 bits per heavy atom. The molecule has 2 rings (SSSR count). The zero-order chi connectivity index (χ0) is 16.3. The Morgan fingerprint density at radius 1 is 1.17 bits per heavy atom. The van der Waals surface area contributed by atoms with E-state index in [1.807, 2.05) is 48.5 Å². The van der Waals surface area contributed by atoms with Gasteiger partial charge in [-0.05, 0) is 23.6 Å². The minimum absolute atomic E-state index is 0.0574. The maximum Gasteiger partial charge on any atom is 0.263 e. The fraction of sp³-hybridized carbons (Fsp3) is 0.167. The quantitative estimate of drug-likeness (QED) is 0.605. The summed E-state index contributed by atoms with van der Waals surface area (Å²) in [6.45, 7) is 1.00. The Morgan fingerprint density at radius 2 is 1.96 bits per heavy atom. The van der Waals surface area contributed by atoms with E-state index in [0.29, 0.717) is 13.1 Å². The second-order valence-corrected chi connectivity index (χ2v) is 4.90. The summed E-state index contributed by atoms with van der Waals surface area (Å²) in [4.78, 5) is 16.0. The molecule has 2 aromatic rings. The molecule has 0 atom stereocenters. The molecule has 0 fully saturated rings. The fourth-order valence-electron chi connectivity index (χ4n) is 1.98. The summed E-state index contributed by atoms with van der Waals surface area (Å²) in [5.74, 6) is -0.373. The first-order valence-corrected chi connectivity index (χ1v) is 7.34. The van der Waals surface area contributed by atoms with Crippen LogP contribution >= 0.6 is 0 Å². The number of pyridine rings is 1. The van der Waals surface area contributed by atoms with Gasteiger partial charge in [-0.15, -0.1) is 0 Å². The number of hydrogen-bond donors (Lipinski definition) is 2. The number of amides is 1. The van der Waals surface area contributed by atoms with E-state index in [1.165, 1.54) is 6.20 Å². The molecule has 5 heteroatoms. The molecule has 2 N–H and O–H groups in total. The van der Waals surface area contributed by atoms with Crippen LogP contribution in [0.3, 0.4) is 0 Å². The molecule has 0 aliphatic heterocycles. The third-order valence-corrected chi connectivity index (χ3v) is 3.18. The van der Waals surface area contributed by atoms with Crippen molar-refractivity contribution in [3.63, 3.8) is 0 Å². The van der Waals surface area contributed by atoms with Gasteiger partial charge < -0.3 is 10.6 Å². The van der Waals surface area contributed by atoms with E-state index >= 15 is 0 Å². The van der Waals surface area contributed by atoms with E-state index in [1.54, 1.807) is 12.4 Å². The second-order valence-electron chi connectivity index (χ2n) is 4.90. The minimum atomic E-state index is -0.373. The van der Waals surface area contributed by atoms with Crippen molar-refractivity contribution < 1.29 is 4.79 Å². The average molecular weight is 306 g/mol. The summed E-state index contributed by atoms with van der Waals surface area (Å²) < 4.78 is 0. The van der Waals surface area contributed by atoms with Crippen molar-refractivity contribution in [3.05, 3.63) is 77.8 Å². The number of carbonyl (C=O) groups excluding carboxylic acids is 1. The van der Waals surface area contributed by atoms with Gasteiger partial charge in [-0.25, -0.2) is 0 Å². The van der Waals surface area contributed by atoms with Gasteiger partial charge in [-0.3, -0.25) is 9.78 Å². The molecule has 1 amide bonds. The SMILES string of the molecule is N#C/C(=C/NCc1cccnc1)C(=O)NCCc1ccccc1. The van der Waals surface area contributed by atoms with Gasteiger partial charge in [0.1, 0.15) is 11.6 Å². The molecule has 5 nitrogen and oxygen atoms in total. The van der Waals surface area contributed by atoms with E-state index in [2.05, 4.69) is 15.6 Å². The van der Waals surface area contributed by atoms with Crippen molar-refractivity contribution >= 4 is 5.91 Å². The number of nitrogens with one attached hydrogen (secondary N) is 2. The van der Waals surface area contributed by atoms with Crippen molar-refractivity contribution in [2.24, 2.45) is 0 Å². The Bertz CT molecular complexity index is 690. The Balaban J connectivity index is 1.79. The molecule has 0 spiro atoms. The van der Waals surface area contributed by atoms with Crippen molar-refractivity contribution in [2.75, 3.05) is 6.54 Å². The third-order valence-electron chi connectivity index (χ3n) is 3.18. The summed E-state index contributed by atoms with van der Waals surface area (Å²) >= 11 is 0. The molecule has 0 aliphatic carbocycles. The van der Waals surface area contributed by atoms with E-state index in [9.17, 15) is 4.79 Å². The summed E-state index contributed by atoms with van der Waals surface area (Å²) in [5.41, 5.74) is 2.18. The van der Waals surface area contributed by atoms with Gasteiger partial charge >= 0.3 is 0 Å². The third kappa shape index (κ3) is 5.64. The van der Waals surface area contributed by atoms with Gasteiger partial charge in [0.15, 0.2) is 0 Å². The lowest BCUT2D eigenvalue weighted by molar-refractivity contribution is -0.117. The van der Waals surface area contributed by atoms with Gasteiger partial charge in [0.2, 0.25) is 0 Å². The van der Waals surface area contributed by atoms with Crippen LogP contribution in [-0.4, -0.2) is 17.4 Å².